The summed E-state index contributed by atoms with van der Waals surface area (Å²) in [7, 11) is 0. The Labute approximate surface area is 84.6 Å². The van der Waals surface area contributed by atoms with Crippen LogP contribution in [0.5, 0.6) is 0 Å². The standard InChI is InChI=1S/C10H18S2/c1-11-8-10(12-2)9-6-4-3-5-7-9/h8-9H,3-7H2,1-2H3/b10-8-. The molecule has 0 amide bonds. The first kappa shape index (κ1) is 10.5. The molecule has 0 unspecified atom stereocenters. The maximum atomic E-state index is 2.33. The highest BCUT2D eigenvalue weighted by Crippen LogP contribution is 2.35. The third-order valence-electron chi connectivity index (χ3n) is 2.48. The second-order valence-electron chi connectivity index (χ2n) is 3.29. The van der Waals surface area contributed by atoms with Crippen LogP contribution in [0.3, 0.4) is 0 Å². The summed E-state index contributed by atoms with van der Waals surface area (Å²) < 4.78 is 0. The molecule has 1 rings (SSSR count). The fourth-order valence-electron chi connectivity index (χ4n) is 1.81. The summed E-state index contributed by atoms with van der Waals surface area (Å²) >= 11 is 3.79. The Kier molecular flexibility index (Phi) is 5.24. The van der Waals surface area contributed by atoms with E-state index in [9.17, 15) is 0 Å². The van der Waals surface area contributed by atoms with E-state index in [1.807, 2.05) is 23.5 Å². The smallest absolute Gasteiger partial charge is 0.00612 e. The molecule has 0 nitrogen and oxygen atoms in total. The zero-order valence-electron chi connectivity index (χ0n) is 8.01. The molecule has 0 radical (unpaired) electrons. The van der Waals surface area contributed by atoms with Crippen molar-refractivity contribution in [1.82, 2.24) is 0 Å². The normalized spacial score (nSPS) is 21.3. The Balaban J connectivity index is 2.46. The fraction of sp³-hybridized carbons (Fsp3) is 0.800. The highest BCUT2D eigenvalue weighted by molar-refractivity contribution is 8.05. The van der Waals surface area contributed by atoms with Crippen LogP contribution in [0.25, 0.3) is 0 Å². The molecular formula is C10H18S2. The lowest BCUT2D eigenvalue weighted by molar-refractivity contribution is 0.415. The van der Waals surface area contributed by atoms with Gasteiger partial charge in [-0.3, -0.25) is 0 Å². The molecule has 0 aromatic rings. The van der Waals surface area contributed by atoms with Gasteiger partial charge in [0.05, 0.1) is 0 Å². The molecule has 0 bridgehead atoms. The number of allylic oxidation sites excluding steroid dienone is 1. The van der Waals surface area contributed by atoms with Crippen molar-refractivity contribution in [2.45, 2.75) is 32.1 Å². The highest BCUT2D eigenvalue weighted by Gasteiger charge is 2.16. The molecule has 0 spiro atoms. The maximum absolute atomic E-state index is 2.33. The van der Waals surface area contributed by atoms with Gasteiger partial charge in [0.1, 0.15) is 0 Å². The summed E-state index contributed by atoms with van der Waals surface area (Å²) in [5, 5.41) is 2.33. The average molecular weight is 202 g/mol. The van der Waals surface area contributed by atoms with Crippen LogP contribution in [0.1, 0.15) is 32.1 Å². The Hall–Kier alpha value is 0.440. The van der Waals surface area contributed by atoms with Crippen LogP contribution < -0.4 is 0 Å². The van der Waals surface area contributed by atoms with Gasteiger partial charge in [0.2, 0.25) is 0 Å². The molecule has 0 aromatic heterocycles. The minimum absolute atomic E-state index is 0.890. The van der Waals surface area contributed by atoms with Crippen LogP contribution in [0.15, 0.2) is 10.3 Å². The van der Waals surface area contributed by atoms with Crippen molar-refractivity contribution < 1.29 is 0 Å². The molecular weight excluding hydrogens is 184 g/mol. The number of hydrogen-bond donors (Lipinski definition) is 0. The number of rotatable bonds is 3. The van der Waals surface area contributed by atoms with Crippen molar-refractivity contribution in [3.05, 3.63) is 10.3 Å². The minimum Gasteiger partial charge on any atom is -0.137 e. The first-order valence-electron chi connectivity index (χ1n) is 4.65. The van der Waals surface area contributed by atoms with E-state index in [0.29, 0.717) is 0 Å². The summed E-state index contributed by atoms with van der Waals surface area (Å²) in [6.07, 6.45) is 11.5. The van der Waals surface area contributed by atoms with E-state index in [0.717, 1.165) is 5.92 Å². The van der Waals surface area contributed by atoms with Crippen molar-refractivity contribution in [2.75, 3.05) is 12.5 Å². The van der Waals surface area contributed by atoms with Crippen LogP contribution in [0, 0.1) is 5.92 Å². The molecule has 1 saturated carbocycles. The Morgan fingerprint density at radius 3 is 2.33 bits per heavy atom. The highest BCUT2D eigenvalue weighted by atomic mass is 32.2. The second-order valence-corrected chi connectivity index (χ2v) is 4.88. The second kappa shape index (κ2) is 5.98. The van der Waals surface area contributed by atoms with E-state index in [4.69, 9.17) is 0 Å². The SMILES string of the molecule is CS/C=C(\SC)C1CCCCC1. The van der Waals surface area contributed by atoms with Crippen molar-refractivity contribution in [3.8, 4) is 0 Å². The fourth-order valence-corrected chi connectivity index (χ4v) is 3.48. The predicted octanol–water partition coefficient (Wildman–Crippen LogP) is 4.13. The van der Waals surface area contributed by atoms with Crippen molar-refractivity contribution in [1.29, 1.82) is 0 Å². The maximum Gasteiger partial charge on any atom is -0.00612 e. The first-order valence-corrected chi connectivity index (χ1v) is 7.16. The molecule has 2 heteroatoms. The quantitative estimate of drug-likeness (QED) is 0.675. The summed E-state index contributed by atoms with van der Waals surface area (Å²) in [6.45, 7) is 0. The van der Waals surface area contributed by atoms with E-state index in [1.54, 1.807) is 4.91 Å². The van der Waals surface area contributed by atoms with E-state index in [-0.39, 0.29) is 0 Å². The molecule has 1 fully saturated rings. The lowest BCUT2D eigenvalue weighted by atomic mass is 9.89. The van der Waals surface area contributed by atoms with Crippen molar-refractivity contribution >= 4 is 23.5 Å². The van der Waals surface area contributed by atoms with E-state index < -0.39 is 0 Å². The number of hydrogen-bond acceptors (Lipinski definition) is 2. The zero-order chi connectivity index (χ0) is 8.81. The molecule has 0 N–H and O–H groups in total. The van der Waals surface area contributed by atoms with Gasteiger partial charge in [-0.15, -0.1) is 23.5 Å². The molecule has 0 aromatic carbocycles. The van der Waals surface area contributed by atoms with E-state index >= 15 is 0 Å². The van der Waals surface area contributed by atoms with Gasteiger partial charge in [-0.05, 0) is 41.6 Å². The van der Waals surface area contributed by atoms with Gasteiger partial charge in [-0.2, -0.15) is 0 Å². The van der Waals surface area contributed by atoms with Crippen LogP contribution in [-0.4, -0.2) is 12.5 Å². The largest absolute Gasteiger partial charge is 0.137 e. The average Bonchev–Trinajstić information content (AvgIpc) is 2.15. The van der Waals surface area contributed by atoms with Crippen LogP contribution in [-0.2, 0) is 0 Å². The van der Waals surface area contributed by atoms with Crippen LogP contribution in [0.2, 0.25) is 0 Å². The third-order valence-corrected chi connectivity index (χ3v) is 4.04. The molecule has 0 atom stereocenters. The summed E-state index contributed by atoms with van der Waals surface area (Å²) in [5.74, 6) is 0.890. The molecule has 1 aliphatic carbocycles. The minimum atomic E-state index is 0.890. The first-order chi connectivity index (χ1) is 5.88. The Bertz CT molecular complexity index is 146. The van der Waals surface area contributed by atoms with Crippen LogP contribution >= 0.6 is 23.5 Å². The van der Waals surface area contributed by atoms with Gasteiger partial charge < -0.3 is 0 Å². The van der Waals surface area contributed by atoms with Gasteiger partial charge in [0, 0.05) is 0 Å². The third kappa shape index (κ3) is 3.06. The summed E-state index contributed by atoms with van der Waals surface area (Å²) in [4.78, 5) is 1.61. The van der Waals surface area contributed by atoms with E-state index in [1.165, 1.54) is 32.1 Å². The lowest BCUT2D eigenvalue weighted by Gasteiger charge is -2.23. The molecule has 0 aliphatic heterocycles. The molecule has 0 heterocycles. The lowest BCUT2D eigenvalue weighted by Crippen LogP contribution is -2.06. The van der Waals surface area contributed by atoms with Gasteiger partial charge in [-0.1, -0.05) is 19.3 Å². The van der Waals surface area contributed by atoms with Gasteiger partial charge in [0.25, 0.3) is 0 Å². The topological polar surface area (TPSA) is 0 Å². The molecule has 70 valence electrons. The van der Waals surface area contributed by atoms with Gasteiger partial charge >= 0.3 is 0 Å². The number of thioether (sulfide) groups is 2. The van der Waals surface area contributed by atoms with Crippen molar-refractivity contribution in [2.24, 2.45) is 5.92 Å². The van der Waals surface area contributed by atoms with Gasteiger partial charge in [0.15, 0.2) is 0 Å². The van der Waals surface area contributed by atoms with Crippen molar-refractivity contribution in [3.63, 3.8) is 0 Å². The monoisotopic (exact) mass is 202 g/mol. The zero-order valence-corrected chi connectivity index (χ0v) is 9.64. The summed E-state index contributed by atoms with van der Waals surface area (Å²) in [5.41, 5.74) is 0. The molecule has 1 aliphatic rings. The molecule has 0 saturated heterocycles. The van der Waals surface area contributed by atoms with E-state index in [2.05, 4.69) is 17.9 Å². The van der Waals surface area contributed by atoms with Gasteiger partial charge in [-0.25, -0.2) is 0 Å². The Morgan fingerprint density at radius 1 is 1.17 bits per heavy atom. The predicted molar refractivity (Wildman–Crippen MR) is 61.7 cm³/mol. The Morgan fingerprint density at radius 2 is 1.83 bits per heavy atom. The summed E-state index contributed by atoms with van der Waals surface area (Å²) in [6, 6.07) is 0. The molecule has 12 heavy (non-hydrogen) atoms. The van der Waals surface area contributed by atoms with Crippen LogP contribution in [0.4, 0.5) is 0 Å².